The van der Waals surface area contributed by atoms with E-state index in [0.29, 0.717) is 28.3 Å². The Kier molecular flexibility index (Phi) is 8.13. The number of imide groups is 2. The minimum atomic E-state index is -0.963. The van der Waals surface area contributed by atoms with Crippen molar-refractivity contribution in [1.29, 1.82) is 0 Å². The molecule has 4 amide bonds. The van der Waals surface area contributed by atoms with Gasteiger partial charge in [-0.3, -0.25) is 29.4 Å². The van der Waals surface area contributed by atoms with Gasteiger partial charge in [0.2, 0.25) is 11.8 Å². The number of hydrogen-bond donors (Lipinski definition) is 2. The van der Waals surface area contributed by atoms with E-state index in [1.54, 1.807) is 12.1 Å². The zero-order chi connectivity index (χ0) is 38.1. The monoisotopic (exact) mass is 751 g/mol. The van der Waals surface area contributed by atoms with E-state index in [1.165, 1.54) is 6.33 Å². The van der Waals surface area contributed by atoms with E-state index in [-0.39, 0.29) is 24.8 Å². The second-order valence-corrected chi connectivity index (χ2v) is 16.0. The molecule has 10 rings (SSSR count). The molecule has 1 unspecified atom stereocenters. The summed E-state index contributed by atoms with van der Waals surface area (Å²) in [5.41, 5.74) is 10.8. The lowest BCUT2D eigenvalue weighted by Crippen LogP contribution is -2.61. The predicted molar refractivity (Wildman–Crippen MR) is 207 cm³/mol. The fraction of sp³-hybridized carbons (Fsp3) is 0.357. The maximum absolute atomic E-state index is 13.3. The molecule has 3 saturated heterocycles. The van der Waals surface area contributed by atoms with Crippen LogP contribution in [0.3, 0.4) is 0 Å². The Labute approximate surface area is 322 Å². The van der Waals surface area contributed by atoms with E-state index >= 15 is 0 Å². The van der Waals surface area contributed by atoms with Gasteiger partial charge in [0.15, 0.2) is 5.65 Å². The van der Waals surface area contributed by atoms with Gasteiger partial charge in [-0.15, -0.1) is 0 Å². The van der Waals surface area contributed by atoms with Gasteiger partial charge in [-0.05, 0) is 92.1 Å². The maximum atomic E-state index is 13.3. The summed E-state index contributed by atoms with van der Waals surface area (Å²) in [4.78, 5) is 65.3. The Morgan fingerprint density at radius 1 is 0.839 bits per heavy atom. The number of nitrogens with two attached hydrogens (primary N) is 1. The molecule has 3 N–H and O–H groups in total. The number of ether oxygens (including phenoxy) is 1. The number of benzene rings is 3. The first-order chi connectivity index (χ1) is 27.2. The Hall–Kier alpha value is -6.15. The minimum Gasteiger partial charge on any atom is -0.457 e. The van der Waals surface area contributed by atoms with Crippen LogP contribution in [-0.4, -0.2) is 91.9 Å². The molecule has 1 atom stereocenters. The van der Waals surface area contributed by atoms with Crippen LogP contribution in [-0.2, 0) is 9.59 Å². The number of rotatable bonds is 8. The van der Waals surface area contributed by atoms with Crippen molar-refractivity contribution in [3.05, 3.63) is 90.3 Å². The zero-order valence-electron chi connectivity index (χ0n) is 30.8. The normalized spacial score (nSPS) is 21.3. The van der Waals surface area contributed by atoms with E-state index < -0.39 is 23.8 Å². The molecule has 4 fully saturated rings. The highest BCUT2D eigenvalue weighted by Crippen LogP contribution is 2.48. The number of anilines is 2. The quantitative estimate of drug-likeness (QED) is 0.209. The number of fused-ring (bicyclic) bond motifs is 2. The van der Waals surface area contributed by atoms with E-state index in [2.05, 4.69) is 29.8 Å². The van der Waals surface area contributed by atoms with Gasteiger partial charge >= 0.3 is 0 Å². The minimum absolute atomic E-state index is 0.0988. The van der Waals surface area contributed by atoms with Gasteiger partial charge in [-0.2, -0.15) is 5.10 Å². The van der Waals surface area contributed by atoms with Crippen molar-refractivity contribution >= 4 is 46.2 Å². The third kappa shape index (κ3) is 5.86. The van der Waals surface area contributed by atoms with Crippen LogP contribution in [0, 0.1) is 11.3 Å². The predicted octanol–water partition coefficient (Wildman–Crippen LogP) is 4.82. The van der Waals surface area contributed by atoms with Crippen molar-refractivity contribution < 1.29 is 23.9 Å². The molecule has 5 aliphatic rings. The Bertz CT molecular complexity index is 2390. The molecule has 1 aliphatic carbocycles. The number of nitrogens with one attached hydrogen (secondary N) is 1. The summed E-state index contributed by atoms with van der Waals surface area (Å²) in [7, 11) is 0. The van der Waals surface area contributed by atoms with Crippen LogP contribution in [0.1, 0.15) is 65.3 Å². The lowest BCUT2D eigenvalue weighted by molar-refractivity contribution is -0.136. The molecule has 4 aliphatic heterocycles. The van der Waals surface area contributed by atoms with Gasteiger partial charge < -0.3 is 20.3 Å². The summed E-state index contributed by atoms with van der Waals surface area (Å²) in [5.74, 6) is 0.526. The molecule has 6 heterocycles. The number of piperidine rings is 1. The number of carbonyl (C=O) groups excluding carboxylic acids is 4. The van der Waals surface area contributed by atoms with Crippen LogP contribution in [0.2, 0.25) is 0 Å². The maximum Gasteiger partial charge on any atom is 0.262 e. The van der Waals surface area contributed by atoms with Crippen molar-refractivity contribution in [3.8, 4) is 22.8 Å². The smallest absolute Gasteiger partial charge is 0.262 e. The van der Waals surface area contributed by atoms with E-state index in [4.69, 9.17) is 15.6 Å². The first-order valence-electron chi connectivity index (χ1n) is 19.4. The van der Waals surface area contributed by atoms with Gasteiger partial charge in [-0.1, -0.05) is 18.2 Å². The first-order valence-corrected chi connectivity index (χ1v) is 19.4. The highest BCUT2D eigenvalue weighted by atomic mass is 16.5. The lowest BCUT2D eigenvalue weighted by Gasteiger charge is -2.55. The molecular weight excluding hydrogens is 711 g/mol. The topological polar surface area (TPSA) is 169 Å². The molecule has 5 aromatic rings. The molecule has 1 saturated carbocycles. The summed E-state index contributed by atoms with van der Waals surface area (Å²) < 4.78 is 8.08. The Morgan fingerprint density at radius 2 is 1.57 bits per heavy atom. The average molecular weight is 752 g/mol. The number of aromatic nitrogens is 4. The summed E-state index contributed by atoms with van der Waals surface area (Å²) in [6.07, 6.45) is 6.07. The van der Waals surface area contributed by atoms with E-state index in [0.717, 1.165) is 103 Å². The second-order valence-electron chi connectivity index (χ2n) is 16.0. The molecule has 1 spiro atoms. The Balaban J connectivity index is 0.740. The highest BCUT2D eigenvalue weighted by Gasteiger charge is 2.48. The van der Waals surface area contributed by atoms with Crippen molar-refractivity contribution in [1.82, 2.24) is 34.9 Å². The summed E-state index contributed by atoms with van der Waals surface area (Å²) in [5, 5.41) is 8.15. The van der Waals surface area contributed by atoms with E-state index in [1.807, 2.05) is 60.7 Å². The van der Waals surface area contributed by atoms with Crippen LogP contribution in [0.15, 0.2) is 79.1 Å². The van der Waals surface area contributed by atoms with Gasteiger partial charge in [-0.25, -0.2) is 14.6 Å². The zero-order valence-corrected chi connectivity index (χ0v) is 30.8. The standard InChI is InChI=1S/C42H41N9O5/c43-37-35-36(26-6-9-30(10-7-26)56-29-4-2-1-3-5-29)47-51(38(35)45-24-44-37)27-14-16-42(17-15-27)22-48(23-42)19-25-20-49(21-25)28-8-11-31-32(18-28)41(55)50(40(31)54)33-12-13-34(52)46-39(33)53/h1-11,18,24-25,27,33H,12-17,19-23H2,(H2,43,44,45)(H,46,52,53). The molecule has 14 heteroatoms. The number of para-hydroxylation sites is 1. The number of carbonyl (C=O) groups is 4. The number of likely N-dealkylation sites (tertiary alicyclic amines) is 1. The first kappa shape index (κ1) is 34.3. The van der Waals surface area contributed by atoms with Crippen molar-refractivity contribution in [2.24, 2.45) is 11.3 Å². The lowest BCUT2D eigenvalue weighted by atomic mass is 9.67. The fourth-order valence-corrected chi connectivity index (χ4v) is 9.48. The number of hydrogen-bond acceptors (Lipinski definition) is 11. The number of nitrogens with zero attached hydrogens (tertiary/aromatic N) is 7. The average Bonchev–Trinajstić information content (AvgIpc) is 3.68. The second kappa shape index (κ2) is 13.3. The van der Waals surface area contributed by atoms with Crippen molar-refractivity contribution in [2.45, 2.75) is 50.6 Å². The van der Waals surface area contributed by atoms with Crippen LogP contribution in [0.4, 0.5) is 11.5 Å². The third-order valence-corrected chi connectivity index (χ3v) is 12.4. The van der Waals surface area contributed by atoms with Crippen LogP contribution in [0.25, 0.3) is 22.3 Å². The van der Waals surface area contributed by atoms with Crippen LogP contribution < -0.4 is 20.7 Å². The van der Waals surface area contributed by atoms with Crippen LogP contribution >= 0.6 is 0 Å². The summed E-state index contributed by atoms with van der Waals surface area (Å²) in [6, 6.07) is 22.2. The molecule has 0 radical (unpaired) electrons. The van der Waals surface area contributed by atoms with Gasteiger partial charge in [0.25, 0.3) is 11.8 Å². The number of amides is 4. The van der Waals surface area contributed by atoms with E-state index in [9.17, 15) is 19.2 Å². The molecule has 14 nitrogen and oxygen atoms in total. The largest absolute Gasteiger partial charge is 0.457 e. The molecular formula is C42H41N9O5. The SMILES string of the molecule is Nc1ncnc2c1c(-c1ccc(Oc3ccccc3)cc1)nn2C1CCC2(CC1)CN(CC1CN(c3ccc4c(c3)C(=O)N(C3CCC(=O)NC3=O)C4=O)C1)C2. The van der Waals surface area contributed by atoms with Gasteiger partial charge in [0.05, 0.1) is 22.6 Å². The molecule has 2 aromatic heterocycles. The summed E-state index contributed by atoms with van der Waals surface area (Å²) in [6.45, 7) is 4.99. The van der Waals surface area contributed by atoms with Gasteiger partial charge in [0, 0.05) is 56.3 Å². The van der Waals surface area contributed by atoms with Crippen LogP contribution in [0.5, 0.6) is 11.5 Å². The highest BCUT2D eigenvalue weighted by molar-refractivity contribution is 6.23. The Morgan fingerprint density at radius 3 is 2.32 bits per heavy atom. The fourth-order valence-electron chi connectivity index (χ4n) is 9.48. The molecule has 3 aromatic carbocycles. The molecule has 284 valence electrons. The van der Waals surface area contributed by atoms with Crippen molar-refractivity contribution in [2.75, 3.05) is 43.4 Å². The summed E-state index contributed by atoms with van der Waals surface area (Å²) >= 11 is 0. The number of nitrogen functional groups attached to an aromatic ring is 1. The molecule has 56 heavy (non-hydrogen) atoms. The van der Waals surface area contributed by atoms with Gasteiger partial charge in [0.1, 0.15) is 35.4 Å². The molecule has 0 bridgehead atoms. The van der Waals surface area contributed by atoms with Crippen molar-refractivity contribution in [3.63, 3.8) is 0 Å². The third-order valence-electron chi connectivity index (χ3n) is 12.4.